The predicted octanol–water partition coefficient (Wildman–Crippen LogP) is 3.00. The van der Waals surface area contributed by atoms with Crippen LogP contribution in [-0.4, -0.2) is 29.4 Å². The Morgan fingerprint density at radius 3 is 2.81 bits per heavy atom. The Kier molecular flexibility index (Phi) is 3.32. The molecule has 1 aliphatic carbocycles. The maximum Gasteiger partial charge on any atom is 0.201 e. The average Bonchev–Trinajstić information content (AvgIpc) is 2.79. The van der Waals surface area contributed by atoms with Crippen LogP contribution in [-0.2, 0) is 4.74 Å². The molecule has 2 N–H and O–H groups in total. The van der Waals surface area contributed by atoms with Gasteiger partial charge in [-0.1, -0.05) is 19.9 Å². The lowest BCUT2D eigenvalue weighted by molar-refractivity contribution is -0.126. The summed E-state index contributed by atoms with van der Waals surface area (Å²) in [5, 5.41) is 0. The highest BCUT2D eigenvalue weighted by molar-refractivity contribution is 5.84. The van der Waals surface area contributed by atoms with Gasteiger partial charge in [-0.3, -0.25) is 0 Å². The summed E-state index contributed by atoms with van der Waals surface area (Å²) in [6.45, 7) is 7.24. The molecule has 114 valence electrons. The van der Waals surface area contributed by atoms with Crippen LogP contribution < -0.4 is 10.5 Å². The fourth-order valence-corrected chi connectivity index (χ4v) is 3.39. The van der Waals surface area contributed by atoms with Crippen LogP contribution in [0.15, 0.2) is 18.2 Å². The molecule has 2 aromatic rings. The summed E-state index contributed by atoms with van der Waals surface area (Å²) < 4.78 is 13.3. The van der Waals surface area contributed by atoms with E-state index in [1.165, 1.54) is 0 Å². The number of aromatic nitrogens is 2. The molecule has 0 bridgehead atoms. The van der Waals surface area contributed by atoms with Crippen LogP contribution in [0.4, 0.5) is 5.95 Å². The molecule has 2 unspecified atom stereocenters. The molecule has 0 amide bonds. The first-order chi connectivity index (χ1) is 10.0. The standard InChI is InChI=1S/C16H23N3O2/c1-5-21-13-9-12(16(13,2)3)19-10-7-6-8-11(20-4)14(10)18-15(19)17/h6-8,12-13H,5,9H2,1-4H3,(H2,17,18). The first-order valence-electron chi connectivity index (χ1n) is 7.42. The van der Waals surface area contributed by atoms with Crippen LogP contribution in [0.2, 0.25) is 0 Å². The van der Waals surface area contributed by atoms with E-state index >= 15 is 0 Å². The van der Waals surface area contributed by atoms with E-state index < -0.39 is 0 Å². The summed E-state index contributed by atoms with van der Waals surface area (Å²) in [7, 11) is 1.66. The van der Waals surface area contributed by atoms with Gasteiger partial charge in [-0.25, -0.2) is 4.98 Å². The summed E-state index contributed by atoms with van der Waals surface area (Å²) in [4.78, 5) is 4.50. The number of benzene rings is 1. The van der Waals surface area contributed by atoms with Gasteiger partial charge in [0, 0.05) is 18.1 Å². The third-order valence-corrected chi connectivity index (χ3v) is 4.74. The largest absolute Gasteiger partial charge is 0.494 e. The third kappa shape index (κ3) is 1.99. The summed E-state index contributed by atoms with van der Waals surface area (Å²) in [5.41, 5.74) is 8.08. The van der Waals surface area contributed by atoms with E-state index in [9.17, 15) is 0 Å². The number of hydrogen-bond donors (Lipinski definition) is 1. The summed E-state index contributed by atoms with van der Waals surface area (Å²) in [6, 6.07) is 6.23. The fraction of sp³-hybridized carbons (Fsp3) is 0.562. The molecule has 0 radical (unpaired) electrons. The number of rotatable bonds is 4. The highest BCUT2D eigenvalue weighted by Crippen LogP contribution is 2.53. The first kappa shape index (κ1) is 14.2. The lowest BCUT2D eigenvalue weighted by Gasteiger charge is -2.52. The Labute approximate surface area is 125 Å². The van der Waals surface area contributed by atoms with E-state index in [1.807, 2.05) is 25.1 Å². The number of nitrogen functional groups attached to an aromatic ring is 1. The van der Waals surface area contributed by atoms with Gasteiger partial charge in [0.2, 0.25) is 5.95 Å². The minimum atomic E-state index is 0.0425. The predicted molar refractivity (Wildman–Crippen MR) is 83.5 cm³/mol. The third-order valence-electron chi connectivity index (χ3n) is 4.74. The SMILES string of the molecule is CCOC1CC(n2c(N)nc3c(OC)cccc32)C1(C)C. The van der Waals surface area contributed by atoms with E-state index in [0.717, 1.165) is 29.8 Å². The number of nitrogens with zero attached hydrogens (tertiary/aromatic N) is 2. The molecule has 3 rings (SSSR count). The van der Waals surface area contributed by atoms with Crippen molar-refractivity contribution in [3.8, 4) is 5.75 Å². The van der Waals surface area contributed by atoms with Gasteiger partial charge in [-0.2, -0.15) is 0 Å². The molecule has 1 fully saturated rings. The normalized spacial score (nSPS) is 24.0. The molecule has 1 aliphatic rings. The number of ether oxygens (including phenoxy) is 2. The number of imidazole rings is 1. The van der Waals surface area contributed by atoms with Crippen LogP contribution in [0.3, 0.4) is 0 Å². The topological polar surface area (TPSA) is 62.3 Å². The van der Waals surface area contributed by atoms with Crippen LogP contribution in [0, 0.1) is 5.41 Å². The minimum absolute atomic E-state index is 0.0425. The van der Waals surface area contributed by atoms with Crippen molar-refractivity contribution in [3.05, 3.63) is 18.2 Å². The maximum atomic E-state index is 6.18. The van der Waals surface area contributed by atoms with Crippen molar-refractivity contribution < 1.29 is 9.47 Å². The molecular weight excluding hydrogens is 266 g/mol. The van der Waals surface area contributed by atoms with Gasteiger partial charge in [0.05, 0.1) is 18.7 Å². The van der Waals surface area contributed by atoms with Crippen molar-refractivity contribution in [3.63, 3.8) is 0 Å². The summed E-state index contributed by atoms with van der Waals surface area (Å²) >= 11 is 0. The summed E-state index contributed by atoms with van der Waals surface area (Å²) in [6.07, 6.45) is 1.24. The van der Waals surface area contributed by atoms with Gasteiger partial charge in [0.15, 0.2) is 0 Å². The monoisotopic (exact) mass is 289 g/mol. The second kappa shape index (κ2) is 4.91. The van der Waals surface area contributed by atoms with Crippen LogP contribution in [0.1, 0.15) is 33.2 Å². The lowest BCUT2D eigenvalue weighted by Crippen LogP contribution is -2.51. The first-order valence-corrected chi connectivity index (χ1v) is 7.42. The van der Waals surface area contributed by atoms with Gasteiger partial charge >= 0.3 is 0 Å². The average molecular weight is 289 g/mol. The fourth-order valence-electron chi connectivity index (χ4n) is 3.39. The highest BCUT2D eigenvalue weighted by Gasteiger charge is 2.50. The smallest absolute Gasteiger partial charge is 0.201 e. The van der Waals surface area contributed by atoms with Gasteiger partial charge in [-0.15, -0.1) is 0 Å². The van der Waals surface area contributed by atoms with Gasteiger partial charge in [0.25, 0.3) is 0 Å². The maximum absolute atomic E-state index is 6.18. The summed E-state index contributed by atoms with van der Waals surface area (Å²) in [5.74, 6) is 1.30. The molecule has 1 aromatic heterocycles. The van der Waals surface area contributed by atoms with Crippen molar-refractivity contribution in [2.24, 2.45) is 5.41 Å². The Morgan fingerprint density at radius 2 is 2.19 bits per heavy atom. The molecule has 0 spiro atoms. The number of para-hydroxylation sites is 1. The Morgan fingerprint density at radius 1 is 1.43 bits per heavy atom. The molecule has 5 heteroatoms. The zero-order chi connectivity index (χ0) is 15.2. The highest BCUT2D eigenvalue weighted by atomic mass is 16.5. The minimum Gasteiger partial charge on any atom is -0.494 e. The molecule has 0 aliphatic heterocycles. The molecule has 1 saturated carbocycles. The number of fused-ring (bicyclic) bond motifs is 1. The van der Waals surface area contributed by atoms with Crippen LogP contribution >= 0.6 is 0 Å². The van der Waals surface area contributed by atoms with Crippen molar-refractivity contribution in [1.82, 2.24) is 9.55 Å². The van der Waals surface area contributed by atoms with Crippen molar-refractivity contribution in [2.45, 2.75) is 39.3 Å². The number of nitrogens with two attached hydrogens (primary N) is 1. The zero-order valence-electron chi connectivity index (χ0n) is 13.1. The van der Waals surface area contributed by atoms with Crippen molar-refractivity contribution in [2.75, 3.05) is 19.5 Å². The van der Waals surface area contributed by atoms with Crippen molar-refractivity contribution >= 4 is 17.0 Å². The van der Waals surface area contributed by atoms with Crippen molar-refractivity contribution in [1.29, 1.82) is 0 Å². The molecule has 1 aromatic carbocycles. The number of methoxy groups -OCH3 is 1. The van der Waals surface area contributed by atoms with Crippen LogP contribution in [0.25, 0.3) is 11.0 Å². The van der Waals surface area contributed by atoms with Gasteiger partial charge in [0.1, 0.15) is 11.3 Å². The zero-order valence-corrected chi connectivity index (χ0v) is 13.1. The van der Waals surface area contributed by atoms with Crippen LogP contribution in [0.5, 0.6) is 5.75 Å². The van der Waals surface area contributed by atoms with Gasteiger partial charge in [-0.05, 0) is 25.5 Å². The molecule has 2 atom stereocenters. The molecule has 5 nitrogen and oxygen atoms in total. The second-order valence-electron chi connectivity index (χ2n) is 6.18. The molecule has 1 heterocycles. The van der Waals surface area contributed by atoms with E-state index in [4.69, 9.17) is 15.2 Å². The van der Waals surface area contributed by atoms with E-state index in [1.54, 1.807) is 7.11 Å². The quantitative estimate of drug-likeness (QED) is 0.940. The molecular formula is C16H23N3O2. The number of hydrogen-bond acceptors (Lipinski definition) is 4. The van der Waals surface area contributed by atoms with Gasteiger partial charge < -0.3 is 19.8 Å². The molecule has 0 saturated heterocycles. The van der Waals surface area contributed by atoms with E-state index in [2.05, 4.69) is 23.4 Å². The molecule has 21 heavy (non-hydrogen) atoms. The lowest BCUT2D eigenvalue weighted by atomic mass is 9.64. The Balaban J connectivity index is 2.04. The Bertz CT molecular complexity index is 663. The Hall–Kier alpha value is -1.75. The number of anilines is 1. The second-order valence-corrected chi connectivity index (χ2v) is 6.18. The van der Waals surface area contributed by atoms with E-state index in [-0.39, 0.29) is 11.5 Å². The van der Waals surface area contributed by atoms with E-state index in [0.29, 0.717) is 12.0 Å².